The Morgan fingerprint density at radius 1 is 0.744 bits per heavy atom. The van der Waals surface area contributed by atoms with E-state index in [1.54, 1.807) is 24.3 Å². The Morgan fingerprint density at radius 3 is 1.82 bits per heavy atom. The number of phenols is 2. The van der Waals surface area contributed by atoms with E-state index in [1.165, 1.54) is 28.4 Å². The molecule has 0 spiro atoms. The van der Waals surface area contributed by atoms with Crippen molar-refractivity contribution in [1.82, 2.24) is 0 Å². The summed E-state index contributed by atoms with van der Waals surface area (Å²) in [6.45, 7) is 0.221. The molecule has 2 aliphatic rings. The van der Waals surface area contributed by atoms with Crippen LogP contribution >= 0.6 is 0 Å². The third-order valence-corrected chi connectivity index (χ3v) is 7.26. The number of methoxy groups -OCH3 is 4. The van der Waals surface area contributed by atoms with Gasteiger partial charge in [0.15, 0.2) is 29.3 Å². The highest BCUT2D eigenvalue weighted by Crippen LogP contribution is 2.46. The van der Waals surface area contributed by atoms with Crippen LogP contribution in [-0.2, 0) is 20.6 Å². The molecule has 2 fully saturated rings. The highest BCUT2D eigenvalue weighted by molar-refractivity contribution is 5.54. The highest BCUT2D eigenvalue weighted by atomic mass is 16.7. The van der Waals surface area contributed by atoms with E-state index in [-0.39, 0.29) is 59.5 Å². The van der Waals surface area contributed by atoms with Crippen LogP contribution in [0.3, 0.4) is 0 Å². The van der Waals surface area contributed by atoms with Crippen molar-refractivity contribution < 1.29 is 58.7 Å². The zero-order chi connectivity index (χ0) is 28.3. The molecule has 2 saturated heterocycles. The third kappa shape index (κ3) is 5.96. The lowest BCUT2D eigenvalue weighted by Crippen LogP contribution is -2.54. The molecule has 7 atom stereocenters. The average molecular weight is 553 g/mol. The number of phenolic OH excluding ortho intramolecular Hbond substituents is 2. The molecule has 2 aromatic carbocycles. The summed E-state index contributed by atoms with van der Waals surface area (Å²) in [7, 11) is 5.78. The van der Waals surface area contributed by atoms with Gasteiger partial charge < -0.3 is 58.7 Å². The summed E-state index contributed by atoms with van der Waals surface area (Å²) in [5.74, 6) is 0.320. The van der Waals surface area contributed by atoms with Gasteiger partial charge in [-0.1, -0.05) is 0 Å². The quantitative estimate of drug-likeness (QED) is 0.286. The largest absolute Gasteiger partial charge is 0.502 e. The van der Waals surface area contributed by atoms with Crippen LogP contribution in [0.2, 0.25) is 0 Å². The Morgan fingerprint density at radius 2 is 1.28 bits per heavy atom. The fourth-order valence-electron chi connectivity index (χ4n) is 5.08. The molecule has 0 aliphatic carbocycles. The Balaban J connectivity index is 1.63. The van der Waals surface area contributed by atoms with Crippen LogP contribution in [-0.4, -0.2) is 98.4 Å². The predicted octanol–water partition coefficient (Wildman–Crippen LogP) is 1.13. The van der Waals surface area contributed by atoms with Gasteiger partial charge in [-0.2, -0.15) is 0 Å². The number of benzene rings is 2. The van der Waals surface area contributed by atoms with Gasteiger partial charge >= 0.3 is 0 Å². The van der Waals surface area contributed by atoms with E-state index in [1.807, 2.05) is 0 Å². The van der Waals surface area contributed by atoms with Crippen molar-refractivity contribution in [2.24, 2.45) is 11.8 Å². The van der Waals surface area contributed by atoms with Crippen LogP contribution in [0.4, 0.5) is 0 Å². The van der Waals surface area contributed by atoms with Crippen molar-refractivity contribution in [1.29, 1.82) is 0 Å². The molecule has 12 nitrogen and oxygen atoms in total. The van der Waals surface area contributed by atoms with Crippen molar-refractivity contribution in [3.05, 3.63) is 35.4 Å². The van der Waals surface area contributed by atoms with Crippen LogP contribution in [0.1, 0.15) is 17.2 Å². The molecular formula is C27H36O12. The zero-order valence-corrected chi connectivity index (χ0v) is 22.3. The molecular weight excluding hydrogens is 516 g/mol. The fourth-order valence-corrected chi connectivity index (χ4v) is 5.08. The van der Waals surface area contributed by atoms with Gasteiger partial charge in [-0.15, -0.1) is 0 Å². The maximum Gasteiger partial charge on any atom is 0.200 e. The van der Waals surface area contributed by atoms with Gasteiger partial charge in [-0.05, 0) is 47.7 Å². The Labute approximate surface area is 226 Å². The molecule has 39 heavy (non-hydrogen) atoms. The van der Waals surface area contributed by atoms with Crippen LogP contribution in [0.15, 0.2) is 24.3 Å². The summed E-state index contributed by atoms with van der Waals surface area (Å²) in [4.78, 5) is 0. The summed E-state index contributed by atoms with van der Waals surface area (Å²) in [5.41, 5.74) is 1.51. The first kappa shape index (κ1) is 29.0. The SMILES string of the molecule is COc1cc(CC2COC(c3cc(OC)c(O)c(OC)c3)C2COC2OCC(O)C(O)C2O)cc(OC)c1O. The topological polar surface area (TPSA) is 166 Å². The maximum atomic E-state index is 10.4. The van der Waals surface area contributed by atoms with Gasteiger partial charge in [0, 0.05) is 5.92 Å². The van der Waals surface area contributed by atoms with Crippen LogP contribution < -0.4 is 18.9 Å². The minimum absolute atomic E-state index is 0.0672. The van der Waals surface area contributed by atoms with Gasteiger partial charge in [-0.25, -0.2) is 0 Å². The first-order valence-corrected chi connectivity index (χ1v) is 12.5. The minimum atomic E-state index is -1.44. The van der Waals surface area contributed by atoms with E-state index in [0.717, 1.165) is 5.56 Å². The van der Waals surface area contributed by atoms with Crippen molar-refractivity contribution in [3.8, 4) is 34.5 Å². The van der Waals surface area contributed by atoms with Gasteiger partial charge in [0.05, 0.1) is 54.4 Å². The summed E-state index contributed by atoms with van der Waals surface area (Å²) >= 11 is 0. The molecule has 0 bridgehead atoms. The summed E-state index contributed by atoms with van der Waals surface area (Å²) in [6.07, 6.45) is -5.23. The first-order valence-electron chi connectivity index (χ1n) is 12.5. The number of hydrogen-bond donors (Lipinski definition) is 5. The van der Waals surface area contributed by atoms with Gasteiger partial charge in [0.2, 0.25) is 11.5 Å². The lowest BCUT2D eigenvalue weighted by atomic mass is 9.84. The van der Waals surface area contributed by atoms with E-state index in [0.29, 0.717) is 18.6 Å². The number of rotatable bonds is 10. The van der Waals surface area contributed by atoms with Crippen molar-refractivity contribution >= 4 is 0 Å². The zero-order valence-electron chi connectivity index (χ0n) is 22.3. The molecule has 0 saturated carbocycles. The van der Waals surface area contributed by atoms with Gasteiger partial charge in [0.25, 0.3) is 0 Å². The van der Waals surface area contributed by atoms with Crippen molar-refractivity contribution in [2.75, 3.05) is 48.3 Å². The van der Waals surface area contributed by atoms with E-state index >= 15 is 0 Å². The standard InChI is InChI=1S/C27H36O12/c1-33-18-6-13(7-19(34-2)23(18)30)5-15-10-37-26(14-8-20(35-3)24(31)21(9-14)36-4)16(15)11-38-27-25(32)22(29)17(28)12-39-27/h6-9,15-17,22,25-32H,5,10-12H2,1-4H3. The molecule has 2 heterocycles. The molecule has 7 unspecified atom stereocenters. The highest BCUT2D eigenvalue weighted by Gasteiger charge is 2.43. The molecule has 216 valence electrons. The average Bonchev–Trinajstić information content (AvgIpc) is 3.34. The Hall–Kier alpha value is -3.00. The third-order valence-electron chi connectivity index (χ3n) is 7.26. The molecule has 2 aromatic rings. The number of ether oxygens (including phenoxy) is 7. The number of hydrogen-bond acceptors (Lipinski definition) is 12. The molecule has 5 N–H and O–H groups in total. The Bertz CT molecular complexity index is 1070. The smallest absolute Gasteiger partial charge is 0.200 e. The summed E-state index contributed by atoms with van der Waals surface area (Å²) < 4.78 is 38.9. The number of aromatic hydroxyl groups is 2. The van der Waals surface area contributed by atoms with E-state index in [9.17, 15) is 25.5 Å². The second kappa shape index (κ2) is 12.5. The maximum absolute atomic E-state index is 10.4. The normalized spacial score (nSPS) is 28.7. The van der Waals surface area contributed by atoms with Crippen LogP contribution in [0.5, 0.6) is 34.5 Å². The van der Waals surface area contributed by atoms with Crippen LogP contribution in [0.25, 0.3) is 0 Å². The minimum Gasteiger partial charge on any atom is -0.502 e. The lowest BCUT2D eigenvalue weighted by molar-refractivity contribution is -0.273. The molecule has 0 aromatic heterocycles. The second-order valence-electron chi connectivity index (χ2n) is 9.59. The molecule has 0 radical (unpaired) electrons. The first-order chi connectivity index (χ1) is 18.7. The fraction of sp³-hybridized carbons (Fsp3) is 0.556. The van der Waals surface area contributed by atoms with Crippen LogP contribution in [0, 0.1) is 11.8 Å². The molecule has 4 rings (SSSR count). The predicted molar refractivity (Wildman–Crippen MR) is 136 cm³/mol. The lowest BCUT2D eigenvalue weighted by Gasteiger charge is -2.36. The van der Waals surface area contributed by atoms with E-state index in [2.05, 4.69) is 0 Å². The van der Waals surface area contributed by atoms with Crippen molar-refractivity contribution in [2.45, 2.75) is 37.1 Å². The summed E-state index contributed by atoms with van der Waals surface area (Å²) in [6, 6.07) is 6.77. The number of aliphatic hydroxyl groups is 3. The van der Waals surface area contributed by atoms with Gasteiger partial charge in [-0.3, -0.25) is 0 Å². The molecule has 2 aliphatic heterocycles. The van der Waals surface area contributed by atoms with Crippen molar-refractivity contribution in [3.63, 3.8) is 0 Å². The number of aliphatic hydroxyl groups excluding tert-OH is 3. The molecule has 0 amide bonds. The monoisotopic (exact) mass is 552 g/mol. The van der Waals surface area contributed by atoms with Gasteiger partial charge in [0.1, 0.15) is 18.3 Å². The summed E-state index contributed by atoms with van der Waals surface area (Å²) in [5, 5.41) is 50.9. The Kier molecular flexibility index (Phi) is 9.26. The van der Waals surface area contributed by atoms with E-state index < -0.39 is 30.7 Å². The van der Waals surface area contributed by atoms with E-state index in [4.69, 9.17) is 33.2 Å². The molecule has 12 heteroatoms. The second-order valence-corrected chi connectivity index (χ2v) is 9.59.